The summed E-state index contributed by atoms with van der Waals surface area (Å²) in [5, 5.41) is 8.21. The summed E-state index contributed by atoms with van der Waals surface area (Å²) in [5.41, 5.74) is 3.04. The molecule has 0 radical (unpaired) electrons. The van der Waals surface area contributed by atoms with Gasteiger partial charge in [-0.25, -0.2) is 5.01 Å². The second-order valence-electron chi connectivity index (χ2n) is 6.38. The molecule has 1 atom stereocenters. The van der Waals surface area contributed by atoms with Gasteiger partial charge in [-0.15, -0.1) is 5.10 Å². The van der Waals surface area contributed by atoms with E-state index in [4.69, 9.17) is 4.74 Å². The molecule has 8 heteroatoms. The fraction of sp³-hybridized carbons (Fsp3) is 0.250. The van der Waals surface area contributed by atoms with E-state index in [1.54, 1.807) is 0 Å². The van der Waals surface area contributed by atoms with Crippen molar-refractivity contribution in [1.29, 1.82) is 0 Å². The average Bonchev–Trinajstić information content (AvgIpc) is 3.05. The lowest BCUT2D eigenvalue weighted by molar-refractivity contribution is -0.129. The van der Waals surface area contributed by atoms with Gasteiger partial charge in [0.1, 0.15) is 17.7 Å². The first kappa shape index (κ1) is 20.4. The number of rotatable bonds is 4. The Morgan fingerprint density at radius 3 is 2.57 bits per heavy atom. The summed E-state index contributed by atoms with van der Waals surface area (Å²) in [5.74, 6) is 0.203. The van der Waals surface area contributed by atoms with Crippen LogP contribution >= 0.6 is 27.7 Å². The van der Waals surface area contributed by atoms with Crippen LogP contribution in [-0.2, 0) is 16.2 Å². The minimum atomic E-state index is -0.426. The number of carbonyl (C=O) groups excluding carboxylic acids is 2. The Bertz CT molecular complexity index is 931. The number of thioether (sulfide) groups is 1. The van der Waals surface area contributed by atoms with Gasteiger partial charge in [0.2, 0.25) is 11.8 Å². The van der Waals surface area contributed by atoms with E-state index in [2.05, 4.69) is 26.3 Å². The van der Waals surface area contributed by atoms with E-state index >= 15 is 0 Å². The molecule has 0 aliphatic carbocycles. The Kier molecular flexibility index (Phi) is 6.41. The third kappa shape index (κ3) is 4.94. The van der Waals surface area contributed by atoms with Crippen LogP contribution in [0.5, 0.6) is 5.75 Å². The fourth-order valence-corrected chi connectivity index (χ4v) is 4.19. The summed E-state index contributed by atoms with van der Waals surface area (Å²) in [4.78, 5) is 23.5. The number of aryl methyl sites for hydroxylation is 1. The lowest BCUT2D eigenvalue weighted by atomic mass is 10.1. The normalized spacial score (nSPS) is 15.9. The van der Waals surface area contributed by atoms with Crippen molar-refractivity contribution in [2.24, 2.45) is 5.10 Å². The molecule has 3 rings (SSSR count). The fourth-order valence-electron chi connectivity index (χ4n) is 2.65. The maximum absolute atomic E-state index is 12.1. The molecule has 1 aliphatic heterocycles. The number of benzene rings is 2. The Morgan fingerprint density at radius 1 is 1.21 bits per heavy atom. The molecule has 6 nitrogen and oxygen atoms in total. The maximum Gasteiger partial charge on any atom is 0.241 e. The van der Waals surface area contributed by atoms with Crippen molar-refractivity contribution in [3.05, 3.63) is 63.6 Å². The molecule has 0 aromatic heterocycles. The summed E-state index contributed by atoms with van der Waals surface area (Å²) in [6.07, 6.45) is 0. The Balaban J connectivity index is 1.86. The van der Waals surface area contributed by atoms with Gasteiger partial charge in [0, 0.05) is 23.9 Å². The minimum Gasteiger partial charge on any atom is -0.489 e. The van der Waals surface area contributed by atoms with Crippen LogP contribution in [0.1, 0.15) is 35.9 Å². The van der Waals surface area contributed by atoms with Crippen molar-refractivity contribution in [3.8, 4) is 5.75 Å². The van der Waals surface area contributed by atoms with E-state index in [1.807, 2.05) is 49.4 Å². The zero-order valence-corrected chi connectivity index (χ0v) is 18.1. The molecule has 0 spiro atoms. The van der Waals surface area contributed by atoms with Crippen LogP contribution in [0.25, 0.3) is 0 Å². The maximum atomic E-state index is 12.1. The highest BCUT2D eigenvalue weighted by Gasteiger charge is 2.34. The van der Waals surface area contributed by atoms with Gasteiger partial charge in [0.15, 0.2) is 5.17 Å². The molecule has 0 saturated heterocycles. The highest BCUT2D eigenvalue weighted by atomic mass is 79.9. The van der Waals surface area contributed by atoms with Gasteiger partial charge in [-0.3, -0.25) is 9.59 Å². The van der Waals surface area contributed by atoms with Crippen molar-refractivity contribution in [2.75, 3.05) is 0 Å². The number of hydrogen-bond donors (Lipinski definition) is 1. The van der Waals surface area contributed by atoms with Gasteiger partial charge in [-0.05, 0) is 30.7 Å². The van der Waals surface area contributed by atoms with Crippen LogP contribution in [0.2, 0.25) is 0 Å². The first-order chi connectivity index (χ1) is 13.3. The molecule has 0 unspecified atom stereocenters. The highest BCUT2D eigenvalue weighted by molar-refractivity contribution is 9.10. The molecule has 1 heterocycles. The van der Waals surface area contributed by atoms with E-state index in [1.165, 1.54) is 36.2 Å². The summed E-state index contributed by atoms with van der Waals surface area (Å²) < 4.78 is 6.93. The van der Waals surface area contributed by atoms with Gasteiger partial charge in [-0.2, -0.15) is 0 Å². The molecule has 2 aromatic rings. The van der Waals surface area contributed by atoms with E-state index in [9.17, 15) is 9.59 Å². The first-order valence-corrected chi connectivity index (χ1v) is 10.3. The van der Waals surface area contributed by atoms with Crippen LogP contribution in [-0.4, -0.2) is 22.0 Å². The second-order valence-corrected chi connectivity index (χ2v) is 8.36. The van der Waals surface area contributed by atoms with Gasteiger partial charge in [0.25, 0.3) is 0 Å². The van der Waals surface area contributed by atoms with Crippen LogP contribution < -0.4 is 10.1 Å². The van der Waals surface area contributed by atoms with Crippen molar-refractivity contribution in [3.63, 3.8) is 0 Å². The lowest BCUT2D eigenvalue weighted by Crippen LogP contribution is -2.25. The second kappa shape index (κ2) is 8.79. The lowest BCUT2D eigenvalue weighted by Gasteiger charge is -2.22. The van der Waals surface area contributed by atoms with Gasteiger partial charge in [0.05, 0.1) is 0 Å². The molecule has 146 valence electrons. The molecule has 28 heavy (non-hydrogen) atoms. The smallest absolute Gasteiger partial charge is 0.241 e. The third-order valence-corrected chi connectivity index (χ3v) is 5.58. The first-order valence-electron chi connectivity index (χ1n) is 8.64. The quantitative estimate of drug-likeness (QED) is 0.734. The number of amides is 2. The number of ether oxygens (including phenoxy) is 1. The van der Waals surface area contributed by atoms with E-state index in [-0.39, 0.29) is 11.8 Å². The molecule has 1 N–H and O–H groups in total. The Morgan fingerprint density at radius 2 is 1.93 bits per heavy atom. The number of hydrogen-bond acceptors (Lipinski definition) is 5. The van der Waals surface area contributed by atoms with Crippen molar-refractivity contribution in [1.82, 2.24) is 10.3 Å². The number of nitrogens with one attached hydrogen (secondary N) is 1. The molecule has 0 bridgehead atoms. The third-order valence-electron chi connectivity index (χ3n) is 4.00. The SMILES string of the molecule is CC(=O)NC1=NN(C(C)=O)[C@@H](c2cc(Br)ccc2OCc2ccc(C)cc2)S1. The topological polar surface area (TPSA) is 71.0 Å². The van der Waals surface area contributed by atoms with Gasteiger partial charge >= 0.3 is 0 Å². The number of hydrazone groups is 1. The standard InChI is InChI=1S/C20H20BrN3O3S/c1-12-4-6-15(7-5-12)11-27-18-9-8-16(21)10-17(18)19-24(14(3)26)23-20(28-19)22-13(2)25/h4-10,19H,11H2,1-3H3,(H,22,23,25)/t19-/m1/s1. The van der Waals surface area contributed by atoms with Crippen LogP contribution in [0.4, 0.5) is 0 Å². The monoisotopic (exact) mass is 461 g/mol. The molecule has 2 amide bonds. The molecular formula is C20H20BrN3O3S. The van der Waals surface area contributed by atoms with Crippen molar-refractivity contribution >= 4 is 44.7 Å². The van der Waals surface area contributed by atoms with E-state index in [0.717, 1.165) is 15.6 Å². The molecule has 2 aromatic carbocycles. The van der Waals surface area contributed by atoms with Crippen molar-refractivity contribution < 1.29 is 14.3 Å². The summed E-state index contributed by atoms with van der Waals surface area (Å²) in [6, 6.07) is 13.8. The predicted molar refractivity (Wildman–Crippen MR) is 114 cm³/mol. The largest absolute Gasteiger partial charge is 0.489 e. The van der Waals surface area contributed by atoms with Crippen LogP contribution in [0.3, 0.4) is 0 Å². The zero-order valence-electron chi connectivity index (χ0n) is 15.7. The summed E-state index contributed by atoms with van der Waals surface area (Å²) >= 11 is 4.78. The van der Waals surface area contributed by atoms with E-state index in [0.29, 0.717) is 17.5 Å². The van der Waals surface area contributed by atoms with E-state index < -0.39 is 5.37 Å². The zero-order chi connectivity index (χ0) is 20.3. The molecule has 0 saturated carbocycles. The van der Waals surface area contributed by atoms with Gasteiger partial charge in [-0.1, -0.05) is 57.5 Å². The minimum absolute atomic E-state index is 0.220. The number of nitrogens with zero attached hydrogens (tertiary/aromatic N) is 2. The van der Waals surface area contributed by atoms with Gasteiger partial charge < -0.3 is 10.1 Å². The molecule has 1 aliphatic rings. The van der Waals surface area contributed by atoms with Crippen molar-refractivity contribution in [2.45, 2.75) is 32.8 Å². The van der Waals surface area contributed by atoms with Crippen LogP contribution in [0, 0.1) is 6.92 Å². The molecule has 0 fully saturated rings. The summed E-state index contributed by atoms with van der Waals surface area (Å²) in [6.45, 7) is 5.30. The van der Waals surface area contributed by atoms with Crippen LogP contribution in [0.15, 0.2) is 52.0 Å². The molecular weight excluding hydrogens is 442 g/mol. The number of amidine groups is 1. The summed E-state index contributed by atoms with van der Waals surface area (Å²) in [7, 11) is 0. The highest BCUT2D eigenvalue weighted by Crippen LogP contribution is 2.43. The Hall–Kier alpha value is -2.32. The Labute approximate surface area is 176 Å². The predicted octanol–water partition coefficient (Wildman–Crippen LogP) is 4.34. The average molecular weight is 462 g/mol. The number of carbonyl (C=O) groups is 2. The number of halogens is 1.